The van der Waals surface area contributed by atoms with Crippen molar-refractivity contribution < 1.29 is 9.72 Å². The average molecular weight is 271 g/mol. The van der Waals surface area contributed by atoms with E-state index < -0.39 is 10.8 Å². The standard InChI is InChI=1S/C12H9N5O3/c1-14-12(18)8-2-3-9(10(6-8)17(19)20)16-5-4-15-11(16)7-13/h2-6H,1H3,(H,14,18). The molecule has 0 aliphatic rings. The Hall–Kier alpha value is -3.21. The summed E-state index contributed by atoms with van der Waals surface area (Å²) in [4.78, 5) is 25.8. The molecule has 1 N–H and O–H groups in total. The third-order valence-corrected chi connectivity index (χ3v) is 2.66. The second kappa shape index (κ2) is 5.19. The molecule has 8 nitrogen and oxygen atoms in total. The number of hydrogen-bond donors (Lipinski definition) is 1. The third kappa shape index (κ3) is 2.20. The van der Waals surface area contributed by atoms with E-state index in [1.807, 2.05) is 6.07 Å². The minimum Gasteiger partial charge on any atom is -0.355 e. The number of carbonyl (C=O) groups excluding carboxylic acids is 1. The first kappa shape index (κ1) is 13.2. The number of rotatable bonds is 3. The monoisotopic (exact) mass is 271 g/mol. The first-order valence-corrected chi connectivity index (χ1v) is 5.53. The smallest absolute Gasteiger partial charge is 0.294 e. The molecule has 20 heavy (non-hydrogen) atoms. The molecule has 100 valence electrons. The first-order valence-electron chi connectivity index (χ1n) is 5.53. The fourth-order valence-corrected chi connectivity index (χ4v) is 1.74. The van der Waals surface area contributed by atoms with Gasteiger partial charge in [-0.1, -0.05) is 0 Å². The normalized spacial score (nSPS) is 9.80. The quantitative estimate of drug-likeness (QED) is 0.661. The van der Waals surface area contributed by atoms with Gasteiger partial charge in [-0.05, 0) is 12.1 Å². The second-order valence-electron chi connectivity index (χ2n) is 3.77. The molecule has 0 aliphatic carbocycles. The van der Waals surface area contributed by atoms with Crippen molar-refractivity contribution in [2.45, 2.75) is 0 Å². The molecule has 0 aliphatic heterocycles. The SMILES string of the molecule is CNC(=O)c1ccc(-n2ccnc2C#N)c([N+](=O)[O-])c1. The van der Waals surface area contributed by atoms with Gasteiger partial charge in [0.15, 0.2) is 0 Å². The zero-order valence-corrected chi connectivity index (χ0v) is 10.4. The molecule has 1 heterocycles. The summed E-state index contributed by atoms with van der Waals surface area (Å²) in [5, 5.41) is 22.4. The molecule has 2 aromatic rings. The van der Waals surface area contributed by atoms with E-state index in [2.05, 4.69) is 10.3 Å². The second-order valence-corrected chi connectivity index (χ2v) is 3.77. The number of imidazole rings is 1. The third-order valence-electron chi connectivity index (χ3n) is 2.66. The minimum atomic E-state index is -0.608. The Balaban J connectivity index is 2.63. The van der Waals surface area contributed by atoms with Crippen LogP contribution in [0, 0.1) is 21.4 Å². The van der Waals surface area contributed by atoms with Gasteiger partial charge in [0, 0.05) is 31.1 Å². The maximum absolute atomic E-state index is 11.5. The van der Waals surface area contributed by atoms with Crippen LogP contribution in [0.1, 0.15) is 16.2 Å². The highest BCUT2D eigenvalue weighted by Gasteiger charge is 2.20. The van der Waals surface area contributed by atoms with E-state index in [-0.39, 0.29) is 22.8 Å². The van der Waals surface area contributed by atoms with Gasteiger partial charge in [0.25, 0.3) is 11.6 Å². The number of hydrogen-bond acceptors (Lipinski definition) is 5. The fraction of sp³-hybridized carbons (Fsp3) is 0.0833. The van der Waals surface area contributed by atoms with E-state index in [1.165, 1.54) is 36.1 Å². The highest BCUT2D eigenvalue weighted by Crippen LogP contribution is 2.25. The van der Waals surface area contributed by atoms with Gasteiger partial charge >= 0.3 is 0 Å². The van der Waals surface area contributed by atoms with Crippen molar-refractivity contribution in [3.63, 3.8) is 0 Å². The van der Waals surface area contributed by atoms with Crippen molar-refractivity contribution >= 4 is 11.6 Å². The average Bonchev–Trinajstić information content (AvgIpc) is 2.93. The predicted octanol–water partition coefficient (Wildman–Crippen LogP) is 1.01. The van der Waals surface area contributed by atoms with Crippen LogP contribution in [0.25, 0.3) is 5.69 Å². The summed E-state index contributed by atoms with van der Waals surface area (Å²) in [5.41, 5.74) is 0.0684. The molecule has 1 aromatic heterocycles. The molecule has 0 saturated carbocycles. The van der Waals surface area contributed by atoms with Crippen LogP contribution in [0.4, 0.5) is 5.69 Å². The highest BCUT2D eigenvalue weighted by atomic mass is 16.6. The van der Waals surface area contributed by atoms with E-state index in [1.54, 1.807) is 0 Å². The van der Waals surface area contributed by atoms with Crippen LogP contribution in [-0.2, 0) is 0 Å². The van der Waals surface area contributed by atoms with Crippen LogP contribution >= 0.6 is 0 Å². The van der Waals surface area contributed by atoms with Crippen molar-refractivity contribution in [2.24, 2.45) is 0 Å². The van der Waals surface area contributed by atoms with Crippen molar-refractivity contribution in [2.75, 3.05) is 7.05 Å². The molecular weight excluding hydrogens is 262 g/mol. The molecule has 0 spiro atoms. The van der Waals surface area contributed by atoms with Gasteiger partial charge in [-0.25, -0.2) is 4.98 Å². The maximum atomic E-state index is 11.5. The van der Waals surface area contributed by atoms with Crippen molar-refractivity contribution in [3.8, 4) is 11.8 Å². The van der Waals surface area contributed by atoms with Crippen molar-refractivity contribution in [1.82, 2.24) is 14.9 Å². The lowest BCUT2D eigenvalue weighted by Gasteiger charge is -2.06. The van der Waals surface area contributed by atoms with E-state index >= 15 is 0 Å². The number of benzene rings is 1. The topological polar surface area (TPSA) is 114 Å². The molecule has 0 fully saturated rings. The summed E-state index contributed by atoms with van der Waals surface area (Å²) in [6, 6.07) is 5.86. The number of amides is 1. The Bertz CT molecular complexity index is 729. The molecule has 0 saturated heterocycles. The fourth-order valence-electron chi connectivity index (χ4n) is 1.74. The van der Waals surface area contributed by atoms with E-state index in [9.17, 15) is 14.9 Å². The van der Waals surface area contributed by atoms with Crippen LogP contribution in [0.15, 0.2) is 30.6 Å². The van der Waals surface area contributed by atoms with Gasteiger partial charge in [0.2, 0.25) is 5.82 Å². The zero-order chi connectivity index (χ0) is 14.7. The zero-order valence-electron chi connectivity index (χ0n) is 10.4. The molecule has 0 atom stereocenters. The number of nitriles is 1. The number of nitrogens with zero attached hydrogens (tertiary/aromatic N) is 4. The Morgan fingerprint density at radius 3 is 2.90 bits per heavy atom. The molecule has 2 rings (SSSR count). The van der Waals surface area contributed by atoms with Gasteiger partial charge in [-0.3, -0.25) is 19.5 Å². The lowest BCUT2D eigenvalue weighted by atomic mass is 10.1. The molecule has 8 heteroatoms. The number of carbonyl (C=O) groups is 1. The lowest BCUT2D eigenvalue weighted by Crippen LogP contribution is -2.18. The van der Waals surface area contributed by atoms with Crippen LogP contribution in [-0.4, -0.2) is 27.4 Å². The predicted molar refractivity (Wildman–Crippen MR) is 68.3 cm³/mol. The summed E-state index contributed by atoms with van der Waals surface area (Å²) in [5.74, 6) is -0.397. The van der Waals surface area contributed by atoms with Crippen LogP contribution in [0.2, 0.25) is 0 Å². The minimum absolute atomic E-state index is 0.0285. The van der Waals surface area contributed by atoms with E-state index in [0.29, 0.717) is 0 Å². The lowest BCUT2D eigenvalue weighted by molar-refractivity contribution is -0.384. The van der Waals surface area contributed by atoms with Crippen molar-refractivity contribution in [1.29, 1.82) is 5.26 Å². The number of nitro groups is 1. The summed E-state index contributed by atoms with van der Waals surface area (Å²) in [6.45, 7) is 0. The Kier molecular flexibility index (Phi) is 3.43. The van der Waals surface area contributed by atoms with Crippen LogP contribution in [0.3, 0.4) is 0 Å². The first-order chi connectivity index (χ1) is 9.58. The Morgan fingerprint density at radius 2 is 2.30 bits per heavy atom. The molecule has 0 radical (unpaired) electrons. The molecular formula is C12H9N5O3. The van der Waals surface area contributed by atoms with Gasteiger partial charge in [0.05, 0.1) is 4.92 Å². The van der Waals surface area contributed by atoms with Crippen LogP contribution in [0.5, 0.6) is 0 Å². The highest BCUT2D eigenvalue weighted by molar-refractivity contribution is 5.95. The largest absolute Gasteiger partial charge is 0.355 e. The van der Waals surface area contributed by atoms with Gasteiger partial charge in [-0.2, -0.15) is 5.26 Å². The number of nitrogens with one attached hydrogen (secondary N) is 1. The number of nitro benzene ring substituents is 1. The summed E-state index contributed by atoms with van der Waals surface area (Å²) >= 11 is 0. The number of aromatic nitrogens is 2. The molecule has 0 bridgehead atoms. The Morgan fingerprint density at radius 1 is 1.55 bits per heavy atom. The molecule has 1 aromatic carbocycles. The van der Waals surface area contributed by atoms with E-state index in [4.69, 9.17) is 5.26 Å². The van der Waals surface area contributed by atoms with Gasteiger partial charge in [-0.15, -0.1) is 0 Å². The molecule has 1 amide bonds. The van der Waals surface area contributed by atoms with Crippen molar-refractivity contribution in [3.05, 3.63) is 52.1 Å². The van der Waals surface area contributed by atoms with Crippen LogP contribution < -0.4 is 5.32 Å². The summed E-state index contributed by atoms with van der Waals surface area (Å²) in [6.07, 6.45) is 2.81. The van der Waals surface area contributed by atoms with E-state index in [0.717, 1.165) is 6.07 Å². The van der Waals surface area contributed by atoms with Gasteiger partial charge in [0.1, 0.15) is 11.8 Å². The maximum Gasteiger partial charge on any atom is 0.294 e. The summed E-state index contributed by atoms with van der Waals surface area (Å²) in [7, 11) is 1.44. The molecule has 0 unspecified atom stereocenters. The Labute approximate surface area is 113 Å². The van der Waals surface area contributed by atoms with Gasteiger partial charge < -0.3 is 5.32 Å². The summed E-state index contributed by atoms with van der Waals surface area (Å²) < 4.78 is 1.30.